The van der Waals surface area contributed by atoms with Crippen molar-refractivity contribution < 1.29 is 107 Å². The van der Waals surface area contributed by atoms with E-state index in [1.165, 1.54) is 34.6 Å². The number of primary amides is 1. The van der Waals surface area contributed by atoms with E-state index in [-0.39, 0.29) is 82.3 Å². The fourth-order valence-corrected chi connectivity index (χ4v) is 10.4. The van der Waals surface area contributed by atoms with Crippen LogP contribution in [0.5, 0.6) is 0 Å². The van der Waals surface area contributed by atoms with Gasteiger partial charge in [-0.05, 0) is 108 Å². The van der Waals surface area contributed by atoms with Crippen LogP contribution in [0.25, 0.3) is 0 Å². The van der Waals surface area contributed by atoms with E-state index in [9.17, 15) is 102 Å². The predicted octanol–water partition coefficient (Wildman–Crippen LogP) is -8.40. The number of nitrogens with two attached hydrogens (primary N) is 5. The number of aliphatic carboxylic acids is 2. The van der Waals surface area contributed by atoms with Crippen LogP contribution in [-0.2, 0) is 81.5 Å². The molecule has 0 unspecified atom stereocenters. The van der Waals surface area contributed by atoms with Gasteiger partial charge in [0.2, 0.25) is 88.6 Å². The second-order valence-electron chi connectivity index (χ2n) is 28.1. The highest BCUT2D eigenvalue weighted by atomic mass is 16.4. The highest BCUT2D eigenvalue weighted by molar-refractivity contribution is 6.01. The number of aliphatic hydroxyl groups is 3. The van der Waals surface area contributed by atoms with Crippen LogP contribution in [0.1, 0.15) is 161 Å². The Labute approximate surface area is 633 Å². The number of hydrogen-bond donors (Lipinski definition) is 24. The van der Waals surface area contributed by atoms with Crippen molar-refractivity contribution >= 4 is 107 Å². The first-order chi connectivity index (χ1) is 50.8. The first-order valence-corrected chi connectivity index (χ1v) is 36.1. The van der Waals surface area contributed by atoms with E-state index in [1.54, 1.807) is 41.5 Å². The summed E-state index contributed by atoms with van der Waals surface area (Å²) in [6.45, 7) is 17.3. The largest absolute Gasteiger partial charge is 0.481 e. The van der Waals surface area contributed by atoms with Gasteiger partial charge in [0.05, 0.1) is 38.3 Å². The number of carbonyl (C=O) groups is 17. The molecule has 0 rings (SSSR count). The second kappa shape index (κ2) is 50.6. The van der Waals surface area contributed by atoms with E-state index in [1.807, 2.05) is 0 Å². The Morgan fingerprint density at radius 3 is 1.28 bits per heavy atom. The van der Waals surface area contributed by atoms with E-state index in [0.717, 1.165) is 13.8 Å². The minimum atomic E-state index is -1.89. The van der Waals surface area contributed by atoms with Crippen molar-refractivity contribution in [3.05, 3.63) is 0 Å². The third-order valence-corrected chi connectivity index (χ3v) is 16.8. The number of aliphatic imine (C=N–C) groups is 1. The van der Waals surface area contributed by atoms with Gasteiger partial charge in [-0.1, -0.05) is 75.7 Å². The Bertz CT molecular complexity index is 3110. The van der Waals surface area contributed by atoms with E-state index in [4.69, 9.17) is 33.8 Å². The molecule has 0 aliphatic heterocycles. The number of rotatable bonds is 53. The summed E-state index contributed by atoms with van der Waals surface area (Å²) in [4.78, 5) is 231. The molecule has 0 aliphatic rings. The monoisotopic (exact) mass is 1560 g/mol. The lowest BCUT2D eigenvalue weighted by molar-refractivity contribution is -0.144. The molecule has 0 spiro atoms. The molecule has 620 valence electrons. The molecule has 0 bridgehead atoms. The lowest BCUT2D eigenvalue weighted by Gasteiger charge is -2.31. The molecule has 0 saturated heterocycles. The standard InChI is InChI=1S/C67H120N20O22/c1-14-34(10)51(64(106)78-38(19-17-23-73-67(71)72)55(97)74-28-47(93)83-53(37(13)90)66(108)109)86-57(99)39(18-15-16-22-68)77-59(101)43(26-45(70)91)81-62(104)49(32(6)7)85-63(105)50(33(8)9)84-60(102)42(25-31(4)5)80-65(107)52(36(12)89)87-61(103)44(29-88)82-58(100)41(24-30(2)3)79-54(96)35(11)75-56(98)40(20-21-48(94)95)76-46(92)27-69/h30-44,49-53,88-90H,14-29,68-69H2,1-13H3,(H2,70,91)(H,74,97)(H,75,98)(H,76,92)(H,77,101)(H,78,106)(H,79,96)(H,80,107)(H,81,104)(H,82,100)(H,83,93)(H,84,102)(H,85,105)(H,86,99)(H,87,103)(H,94,95)(H,108,109)(H4,71,72,73)/t34-,35-,36+,37+,38-,39-,40-,41-,42-,43-,44-,49-,50-,51-,52-,53-/m0/s1. The minimum Gasteiger partial charge on any atom is -0.481 e. The minimum absolute atomic E-state index is 0.0116. The van der Waals surface area contributed by atoms with Crippen molar-refractivity contribution in [1.29, 1.82) is 0 Å². The van der Waals surface area contributed by atoms with Crippen molar-refractivity contribution in [2.45, 2.75) is 251 Å². The normalized spacial score (nSPS) is 15.7. The molecule has 0 heterocycles. The first kappa shape index (κ1) is 99.1. The highest BCUT2D eigenvalue weighted by Crippen LogP contribution is 2.16. The molecule has 15 amide bonds. The van der Waals surface area contributed by atoms with Crippen molar-refractivity contribution in [3.8, 4) is 0 Å². The maximum Gasteiger partial charge on any atom is 0.328 e. The van der Waals surface area contributed by atoms with Gasteiger partial charge in [0.15, 0.2) is 12.0 Å². The molecule has 42 heteroatoms. The number of carboxylic acids is 2. The lowest BCUT2D eigenvalue weighted by atomic mass is 9.96. The molecule has 0 aromatic rings. The van der Waals surface area contributed by atoms with Crippen LogP contribution in [0.2, 0.25) is 0 Å². The highest BCUT2D eigenvalue weighted by Gasteiger charge is 2.40. The first-order valence-electron chi connectivity index (χ1n) is 36.1. The molecule has 0 aromatic heterocycles. The smallest absolute Gasteiger partial charge is 0.328 e. The number of guanidine groups is 1. The SMILES string of the molecule is CC[C@H](C)[C@H](NC(=O)[C@H](CCCCN)NC(=O)[C@H](CC(N)=O)NC(=O)[C@@H](NC(=O)[C@@H](NC(=O)[C@H](CC(C)C)NC(=O)[C@@H](NC(=O)[C@H](CO)NC(=O)[C@H](CC(C)C)NC(=O)[C@H](C)NC(=O)[C@H](CCC(=O)O)NC(=O)CN)[C@@H](C)O)C(C)C)C(C)C)C(=O)N[C@@H](CCCN=C(N)N)C(=O)NCC(=O)N[C@H](C(=O)O)[C@@H](C)O. The molecule has 0 aliphatic carbocycles. The van der Waals surface area contributed by atoms with Crippen molar-refractivity contribution in [1.82, 2.24) is 74.4 Å². The fraction of sp³-hybridized carbons (Fsp3) is 0.731. The van der Waals surface area contributed by atoms with Gasteiger partial charge in [0.1, 0.15) is 72.5 Å². The summed E-state index contributed by atoms with van der Waals surface area (Å²) in [5, 5.41) is 83.3. The van der Waals surface area contributed by atoms with Gasteiger partial charge in [0.25, 0.3) is 0 Å². The Morgan fingerprint density at radius 2 is 0.807 bits per heavy atom. The van der Waals surface area contributed by atoms with E-state index in [2.05, 4.69) is 79.4 Å². The lowest BCUT2D eigenvalue weighted by Crippen LogP contribution is -2.63. The van der Waals surface area contributed by atoms with Crippen LogP contribution < -0.4 is 103 Å². The predicted molar refractivity (Wildman–Crippen MR) is 392 cm³/mol. The Hall–Kier alpha value is -9.94. The van der Waals surface area contributed by atoms with Gasteiger partial charge in [0, 0.05) is 13.0 Å². The zero-order chi connectivity index (χ0) is 83.9. The summed E-state index contributed by atoms with van der Waals surface area (Å²) in [5.74, 6) is -21.0. The second-order valence-corrected chi connectivity index (χ2v) is 28.1. The summed E-state index contributed by atoms with van der Waals surface area (Å²) in [7, 11) is 0. The molecule has 42 nitrogen and oxygen atoms in total. The average molecular weight is 1560 g/mol. The molecule has 0 radical (unpaired) electrons. The summed E-state index contributed by atoms with van der Waals surface area (Å²) < 4.78 is 0. The number of carbonyl (C=O) groups excluding carboxylic acids is 15. The zero-order valence-electron chi connectivity index (χ0n) is 64.4. The molecule has 0 fully saturated rings. The van der Waals surface area contributed by atoms with E-state index < -0.39 is 242 Å². The van der Waals surface area contributed by atoms with Gasteiger partial charge in [-0.2, -0.15) is 0 Å². The Morgan fingerprint density at radius 1 is 0.404 bits per heavy atom. The maximum atomic E-state index is 14.4. The van der Waals surface area contributed by atoms with Crippen LogP contribution in [0.15, 0.2) is 4.99 Å². The van der Waals surface area contributed by atoms with Gasteiger partial charge in [-0.15, -0.1) is 0 Å². The topological polar surface area (TPSA) is 702 Å². The average Bonchev–Trinajstić information content (AvgIpc) is 0.848. The van der Waals surface area contributed by atoms with Crippen LogP contribution in [0.4, 0.5) is 0 Å². The molecular formula is C67H120N20O22. The Balaban J connectivity index is 6.83. The summed E-state index contributed by atoms with van der Waals surface area (Å²) in [6, 6.07) is -20.4. The number of carboxylic acid groups (broad SMARTS) is 2. The molecule has 109 heavy (non-hydrogen) atoms. The number of nitrogens with one attached hydrogen (secondary N) is 14. The number of nitrogens with zero attached hydrogens (tertiary/aromatic N) is 1. The molecule has 0 aromatic carbocycles. The van der Waals surface area contributed by atoms with Crippen LogP contribution >= 0.6 is 0 Å². The van der Waals surface area contributed by atoms with Gasteiger partial charge < -0.3 is 129 Å². The van der Waals surface area contributed by atoms with E-state index in [0.29, 0.717) is 6.42 Å². The third-order valence-electron chi connectivity index (χ3n) is 16.8. The quantitative estimate of drug-likeness (QED) is 0.0153. The number of amides is 15. The van der Waals surface area contributed by atoms with Crippen molar-refractivity contribution in [2.75, 3.05) is 32.8 Å². The number of hydrogen-bond acceptors (Lipinski definition) is 23. The molecular weight excluding hydrogens is 1440 g/mol. The zero-order valence-corrected chi connectivity index (χ0v) is 64.4. The fourth-order valence-electron chi connectivity index (χ4n) is 10.4. The van der Waals surface area contributed by atoms with Gasteiger partial charge in [-0.3, -0.25) is 81.7 Å². The van der Waals surface area contributed by atoms with Gasteiger partial charge >= 0.3 is 11.9 Å². The maximum absolute atomic E-state index is 14.4. The van der Waals surface area contributed by atoms with Crippen LogP contribution in [0.3, 0.4) is 0 Å². The molecule has 16 atom stereocenters. The molecule has 29 N–H and O–H groups in total. The summed E-state index contributed by atoms with van der Waals surface area (Å²) in [5.41, 5.74) is 27.6. The van der Waals surface area contributed by atoms with Gasteiger partial charge in [-0.25, -0.2) is 4.79 Å². The van der Waals surface area contributed by atoms with Crippen LogP contribution in [-0.4, -0.2) is 256 Å². The summed E-state index contributed by atoms with van der Waals surface area (Å²) >= 11 is 0. The number of unbranched alkanes of at least 4 members (excludes halogenated alkanes) is 1. The van der Waals surface area contributed by atoms with Crippen LogP contribution in [0, 0.1) is 29.6 Å². The van der Waals surface area contributed by atoms with Crippen molar-refractivity contribution in [2.24, 2.45) is 63.3 Å². The summed E-state index contributed by atoms with van der Waals surface area (Å²) in [6.07, 6.45) is -4.57. The Kier molecular flexibility index (Phi) is 46.0. The third kappa shape index (κ3) is 38.1. The van der Waals surface area contributed by atoms with E-state index >= 15 is 0 Å². The number of aliphatic hydroxyl groups excluding tert-OH is 3. The van der Waals surface area contributed by atoms with Crippen molar-refractivity contribution in [3.63, 3.8) is 0 Å². The molecule has 0 saturated carbocycles.